The maximum absolute atomic E-state index is 12.2. The summed E-state index contributed by atoms with van der Waals surface area (Å²) in [5.74, 6) is -0.605. The molecule has 3 N–H and O–H groups in total. The van der Waals surface area contributed by atoms with E-state index in [1.165, 1.54) is 44.6 Å². The Balaban J connectivity index is 1.90. The lowest BCUT2D eigenvalue weighted by molar-refractivity contribution is -0.123. The van der Waals surface area contributed by atoms with Gasteiger partial charge in [-0.2, -0.15) is 0 Å². The van der Waals surface area contributed by atoms with E-state index in [0.717, 1.165) is 3.79 Å². The second-order valence-corrected chi connectivity index (χ2v) is 7.78. The number of nitrogens with one attached hydrogen (secondary N) is 3. The lowest BCUT2D eigenvalue weighted by Gasteiger charge is -2.14. The summed E-state index contributed by atoms with van der Waals surface area (Å²) in [5.41, 5.74) is 4.84. The highest BCUT2D eigenvalue weighted by Gasteiger charge is 2.19. The average molecular weight is 456 g/mol. The number of amides is 3. The lowest BCUT2D eigenvalue weighted by Crippen LogP contribution is -2.51. The number of methoxy groups -OCH3 is 2. The molecule has 2 rings (SSSR count). The molecular formula is C17H18BrN3O5S. The van der Waals surface area contributed by atoms with E-state index in [4.69, 9.17) is 9.47 Å². The Morgan fingerprint density at radius 1 is 1.00 bits per heavy atom. The Bertz CT molecular complexity index is 855. The van der Waals surface area contributed by atoms with Gasteiger partial charge in [0.05, 0.1) is 22.9 Å². The predicted octanol–water partition coefficient (Wildman–Crippen LogP) is 2.11. The SMILES string of the molecule is COc1ccc(C(=O)NNC(=O)C(C)NC(=O)c2ccc(Br)s2)cc1OC. The van der Waals surface area contributed by atoms with Gasteiger partial charge in [-0.1, -0.05) is 0 Å². The molecular weight excluding hydrogens is 438 g/mol. The highest BCUT2D eigenvalue weighted by atomic mass is 79.9. The summed E-state index contributed by atoms with van der Waals surface area (Å²) >= 11 is 4.53. The van der Waals surface area contributed by atoms with Gasteiger partial charge in [-0.05, 0) is 53.2 Å². The molecule has 1 unspecified atom stereocenters. The largest absolute Gasteiger partial charge is 0.493 e. The van der Waals surface area contributed by atoms with Crippen LogP contribution < -0.4 is 25.6 Å². The van der Waals surface area contributed by atoms with Gasteiger partial charge in [0.25, 0.3) is 17.7 Å². The molecule has 0 bridgehead atoms. The zero-order valence-electron chi connectivity index (χ0n) is 14.8. The van der Waals surface area contributed by atoms with Crippen LogP contribution in [0.15, 0.2) is 34.1 Å². The van der Waals surface area contributed by atoms with Gasteiger partial charge in [0, 0.05) is 5.56 Å². The topological polar surface area (TPSA) is 106 Å². The van der Waals surface area contributed by atoms with Crippen molar-refractivity contribution >= 4 is 45.0 Å². The van der Waals surface area contributed by atoms with Crippen LogP contribution in [0, 0.1) is 0 Å². The Hall–Kier alpha value is -2.59. The van der Waals surface area contributed by atoms with Crippen LogP contribution in [0.5, 0.6) is 11.5 Å². The van der Waals surface area contributed by atoms with Gasteiger partial charge in [-0.3, -0.25) is 25.2 Å². The van der Waals surface area contributed by atoms with Crippen molar-refractivity contribution in [1.82, 2.24) is 16.2 Å². The Labute approximate surface area is 168 Å². The standard InChI is InChI=1S/C17H18BrN3O5S/c1-9(19-17(24)13-6-7-14(18)27-13)15(22)20-21-16(23)10-4-5-11(25-2)12(8-10)26-3/h4-9H,1-3H3,(H,19,24)(H,20,22)(H,21,23). The number of carbonyl (C=O) groups is 3. The van der Waals surface area contributed by atoms with E-state index in [0.29, 0.717) is 16.4 Å². The van der Waals surface area contributed by atoms with Gasteiger partial charge in [-0.25, -0.2) is 0 Å². The van der Waals surface area contributed by atoms with E-state index < -0.39 is 17.9 Å². The first-order valence-electron chi connectivity index (χ1n) is 7.74. The molecule has 0 radical (unpaired) electrons. The van der Waals surface area contributed by atoms with Gasteiger partial charge >= 0.3 is 0 Å². The molecule has 1 heterocycles. The fraction of sp³-hybridized carbons (Fsp3) is 0.235. The van der Waals surface area contributed by atoms with E-state index >= 15 is 0 Å². The first-order chi connectivity index (χ1) is 12.8. The maximum atomic E-state index is 12.2. The number of rotatable bonds is 6. The number of thiophene rings is 1. The number of carbonyl (C=O) groups excluding carboxylic acids is 3. The van der Waals surface area contributed by atoms with Crippen LogP contribution in [-0.4, -0.2) is 38.0 Å². The van der Waals surface area contributed by atoms with E-state index in [9.17, 15) is 14.4 Å². The molecule has 0 aliphatic heterocycles. The summed E-state index contributed by atoms with van der Waals surface area (Å²) in [6.07, 6.45) is 0. The molecule has 3 amide bonds. The van der Waals surface area contributed by atoms with Crippen molar-refractivity contribution in [3.8, 4) is 11.5 Å². The first kappa shape index (κ1) is 20.7. The second kappa shape index (κ2) is 9.38. The second-order valence-electron chi connectivity index (χ2n) is 5.31. The van der Waals surface area contributed by atoms with E-state index in [1.54, 1.807) is 18.2 Å². The fourth-order valence-corrected chi connectivity index (χ4v) is 3.34. The number of hydrogen-bond acceptors (Lipinski definition) is 6. The molecule has 0 aliphatic rings. The average Bonchev–Trinajstić information content (AvgIpc) is 3.11. The number of ether oxygens (including phenoxy) is 2. The fourth-order valence-electron chi connectivity index (χ4n) is 2.05. The molecule has 0 spiro atoms. The van der Waals surface area contributed by atoms with Gasteiger partial charge in [0.15, 0.2) is 11.5 Å². The molecule has 8 nitrogen and oxygen atoms in total. The third-order valence-electron chi connectivity index (χ3n) is 3.48. The lowest BCUT2D eigenvalue weighted by atomic mass is 10.2. The van der Waals surface area contributed by atoms with Gasteiger partial charge < -0.3 is 14.8 Å². The van der Waals surface area contributed by atoms with E-state index in [-0.39, 0.29) is 11.5 Å². The zero-order chi connectivity index (χ0) is 20.0. The summed E-state index contributed by atoms with van der Waals surface area (Å²) in [6.45, 7) is 1.51. The molecule has 0 fully saturated rings. The minimum absolute atomic E-state index is 0.271. The zero-order valence-corrected chi connectivity index (χ0v) is 17.2. The third-order valence-corrected chi connectivity index (χ3v) is 5.11. The van der Waals surface area contributed by atoms with Gasteiger partial charge in [-0.15, -0.1) is 11.3 Å². The molecule has 0 saturated carbocycles. The van der Waals surface area contributed by atoms with E-state index in [1.807, 2.05) is 0 Å². The van der Waals surface area contributed by atoms with Crippen LogP contribution in [0.1, 0.15) is 27.0 Å². The van der Waals surface area contributed by atoms with Crippen molar-refractivity contribution in [2.75, 3.05) is 14.2 Å². The van der Waals surface area contributed by atoms with Crippen molar-refractivity contribution in [2.24, 2.45) is 0 Å². The van der Waals surface area contributed by atoms with Crippen molar-refractivity contribution < 1.29 is 23.9 Å². The summed E-state index contributed by atoms with van der Waals surface area (Å²) in [4.78, 5) is 36.8. The molecule has 0 saturated heterocycles. The number of hydrogen-bond donors (Lipinski definition) is 3. The number of benzene rings is 1. The van der Waals surface area contributed by atoms with Crippen LogP contribution in [0.2, 0.25) is 0 Å². The Morgan fingerprint density at radius 3 is 2.30 bits per heavy atom. The smallest absolute Gasteiger partial charge is 0.269 e. The molecule has 27 heavy (non-hydrogen) atoms. The number of halogens is 1. The van der Waals surface area contributed by atoms with Crippen molar-refractivity contribution in [3.05, 3.63) is 44.6 Å². The third kappa shape index (κ3) is 5.44. The highest BCUT2D eigenvalue weighted by molar-refractivity contribution is 9.11. The van der Waals surface area contributed by atoms with Crippen molar-refractivity contribution in [3.63, 3.8) is 0 Å². The molecule has 10 heteroatoms. The van der Waals surface area contributed by atoms with Gasteiger partial charge in [0.2, 0.25) is 0 Å². The van der Waals surface area contributed by atoms with Crippen molar-refractivity contribution in [2.45, 2.75) is 13.0 Å². The maximum Gasteiger partial charge on any atom is 0.269 e. The summed E-state index contributed by atoms with van der Waals surface area (Å²) in [7, 11) is 2.94. The van der Waals surface area contributed by atoms with Crippen LogP contribution >= 0.6 is 27.3 Å². The van der Waals surface area contributed by atoms with Crippen LogP contribution in [-0.2, 0) is 4.79 Å². The highest BCUT2D eigenvalue weighted by Crippen LogP contribution is 2.27. The van der Waals surface area contributed by atoms with Crippen LogP contribution in [0.3, 0.4) is 0 Å². The minimum Gasteiger partial charge on any atom is -0.493 e. The monoisotopic (exact) mass is 455 g/mol. The molecule has 1 aromatic heterocycles. The van der Waals surface area contributed by atoms with Crippen LogP contribution in [0.25, 0.3) is 0 Å². The van der Waals surface area contributed by atoms with Crippen molar-refractivity contribution in [1.29, 1.82) is 0 Å². The predicted molar refractivity (Wildman–Crippen MR) is 104 cm³/mol. The first-order valence-corrected chi connectivity index (χ1v) is 9.35. The minimum atomic E-state index is -0.843. The molecule has 1 aromatic carbocycles. The molecule has 144 valence electrons. The molecule has 2 aromatic rings. The van der Waals surface area contributed by atoms with Crippen LogP contribution in [0.4, 0.5) is 0 Å². The number of hydrazine groups is 1. The Morgan fingerprint density at radius 2 is 1.70 bits per heavy atom. The summed E-state index contributed by atoms with van der Waals surface area (Å²) < 4.78 is 11.1. The summed E-state index contributed by atoms with van der Waals surface area (Å²) in [6, 6.07) is 7.14. The van der Waals surface area contributed by atoms with Gasteiger partial charge in [0.1, 0.15) is 6.04 Å². The summed E-state index contributed by atoms with van der Waals surface area (Å²) in [5, 5.41) is 2.56. The quantitative estimate of drug-likeness (QED) is 0.578. The van der Waals surface area contributed by atoms with E-state index in [2.05, 4.69) is 32.1 Å². The molecule has 0 aliphatic carbocycles. The molecule has 1 atom stereocenters. The normalized spacial score (nSPS) is 11.3. The Kier molecular flexibility index (Phi) is 7.19.